The number of carbonyl (C=O) groups is 2. The monoisotopic (exact) mass is 320 g/mol. The Morgan fingerprint density at radius 1 is 1.00 bits per heavy atom. The third-order valence-electron chi connectivity index (χ3n) is 4.13. The molecule has 0 aliphatic heterocycles. The highest BCUT2D eigenvalue weighted by Crippen LogP contribution is 2.37. The van der Waals surface area contributed by atoms with Crippen LogP contribution in [0.3, 0.4) is 0 Å². The highest BCUT2D eigenvalue weighted by atomic mass is 16.4. The number of aliphatic carboxylic acids is 2. The van der Waals surface area contributed by atoms with Crippen LogP contribution >= 0.6 is 0 Å². The topological polar surface area (TPSA) is 74.6 Å². The average Bonchev–Trinajstić information content (AvgIpc) is 2.89. The van der Waals surface area contributed by atoms with Gasteiger partial charge in [-0.15, -0.1) is 0 Å². The predicted molar refractivity (Wildman–Crippen MR) is 91.7 cm³/mol. The molecule has 0 saturated heterocycles. The summed E-state index contributed by atoms with van der Waals surface area (Å²) in [5.74, 6) is -2.31. The van der Waals surface area contributed by atoms with Gasteiger partial charge in [0.2, 0.25) is 0 Å². The van der Waals surface area contributed by atoms with Crippen molar-refractivity contribution < 1.29 is 19.8 Å². The van der Waals surface area contributed by atoms with Crippen molar-refractivity contribution in [1.82, 2.24) is 0 Å². The van der Waals surface area contributed by atoms with Crippen LogP contribution in [0.1, 0.15) is 23.6 Å². The van der Waals surface area contributed by atoms with Gasteiger partial charge in [0.1, 0.15) is 0 Å². The molecular formula is C20H16O4. The molecule has 2 N–H and O–H groups in total. The van der Waals surface area contributed by atoms with Gasteiger partial charge in [-0.25, -0.2) is 9.59 Å². The van der Waals surface area contributed by atoms with Gasteiger partial charge in [-0.2, -0.15) is 0 Å². The SMILES string of the molecule is CC(=CC(=O)O)C(=Cc1ccc2c(c1)-c1ccccc1C2)C(=O)O. The maximum absolute atomic E-state index is 11.5. The second-order valence-corrected chi connectivity index (χ2v) is 5.78. The quantitative estimate of drug-likeness (QED) is 0.567. The molecule has 0 spiro atoms. The van der Waals surface area contributed by atoms with Crippen molar-refractivity contribution in [1.29, 1.82) is 0 Å². The molecule has 120 valence electrons. The smallest absolute Gasteiger partial charge is 0.335 e. The standard InChI is InChI=1S/C20H16O4/c1-12(8-19(21)22)17(20(23)24)9-13-6-7-15-11-14-4-2-3-5-16(14)18(15)10-13/h2-10H,11H2,1H3,(H,21,22)(H,23,24). The largest absolute Gasteiger partial charge is 0.478 e. The fourth-order valence-corrected chi connectivity index (χ4v) is 3.01. The number of hydrogen-bond donors (Lipinski definition) is 2. The fourth-order valence-electron chi connectivity index (χ4n) is 3.01. The van der Waals surface area contributed by atoms with Crippen molar-refractivity contribution in [3.8, 4) is 11.1 Å². The van der Waals surface area contributed by atoms with Crippen molar-refractivity contribution in [3.05, 3.63) is 76.4 Å². The van der Waals surface area contributed by atoms with Crippen LogP contribution in [-0.2, 0) is 16.0 Å². The zero-order valence-electron chi connectivity index (χ0n) is 13.1. The van der Waals surface area contributed by atoms with Gasteiger partial charge in [-0.05, 0) is 58.9 Å². The van der Waals surface area contributed by atoms with E-state index in [9.17, 15) is 14.7 Å². The number of fused-ring (bicyclic) bond motifs is 3. The first kappa shape index (κ1) is 15.7. The lowest BCUT2D eigenvalue weighted by atomic mass is 9.99. The Bertz CT molecular complexity index is 904. The van der Waals surface area contributed by atoms with Crippen LogP contribution in [0, 0.1) is 0 Å². The van der Waals surface area contributed by atoms with Gasteiger partial charge in [0, 0.05) is 6.08 Å². The van der Waals surface area contributed by atoms with Gasteiger partial charge < -0.3 is 10.2 Å². The summed E-state index contributed by atoms with van der Waals surface area (Å²) in [6.07, 6.45) is 3.29. The summed E-state index contributed by atoms with van der Waals surface area (Å²) in [6, 6.07) is 14.0. The van der Waals surface area contributed by atoms with Crippen LogP contribution in [0.15, 0.2) is 59.7 Å². The number of hydrogen-bond acceptors (Lipinski definition) is 2. The number of rotatable bonds is 4. The molecule has 1 aliphatic carbocycles. The second-order valence-electron chi connectivity index (χ2n) is 5.78. The van der Waals surface area contributed by atoms with Gasteiger partial charge in [-0.1, -0.05) is 36.4 Å². The lowest BCUT2D eigenvalue weighted by Crippen LogP contribution is -2.03. The van der Waals surface area contributed by atoms with Gasteiger partial charge in [-0.3, -0.25) is 0 Å². The molecule has 0 amide bonds. The normalized spacial score (nSPS) is 13.4. The number of carboxylic acid groups (broad SMARTS) is 2. The first-order chi connectivity index (χ1) is 11.5. The maximum Gasteiger partial charge on any atom is 0.335 e. The van der Waals surface area contributed by atoms with Crippen LogP contribution in [0.2, 0.25) is 0 Å². The number of carboxylic acids is 2. The third-order valence-corrected chi connectivity index (χ3v) is 4.13. The summed E-state index contributed by atoms with van der Waals surface area (Å²) in [4.78, 5) is 22.2. The van der Waals surface area contributed by atoms with Gasteiger partial charge in [0.05, 0.1) is 5.57 Å². The Morgan fingerprint density at radius 2 is 1.71 bits per heavy atom. The Balaban J connectivity index is 2.05. The Labute approximate surface area is 139 Å². The molecular weight excluding hydrogens is 304 g/mol. The zero-order valence-corrected chi connectivity index (χ0v) is 13.1. The van der Waals surface area contributed by atoms with Gasteiger partial charge >= 0.3 is 11.9 Å². The molecule has 0 radical (unpaired) electrons. The van der Waals surface area contributed by atoms with Crippen LogP contribution in [0.25, 0.3) is 17.2 Å². The van der Waals surface area contributed by atoms with Crippen LogP contribution in [0.5, 0.6) is 0 Å². The molecule has 0 aromatic heterocycles. The summed E-state index contributed by atoms with van der Waals surface area (Å²) in [7, 11) is 0. The molecule has 0 heterocycles. The van der Waals surface area contributed by atoms with E-state index >= 15 is 0 Å². The predicted octanol–water partition coefficient (Wildman–Crippen LogP) is 3.76. The van der Waals surface area contributed by atoms with E-state index in [2.05, 4.69) is 12.1 Å². The second kappa shape index (κ2) is 6.16. The van der Waals surface area contributed by atoms with E-state index in [1.54, 1.807) is 0 Å². The minimum atomic E-state index is -1.16. The molecule has 2 aromatic carbocycles. The van der Waals surface area contributed by atoms with Crippen LogP contribution in [-0.4, -0.2) is 22.2 Å². The first-order valence-electron chi connectivity index (χ1n) is 7.53. The van der Waals surface area contributed by atoms with Crippen molar-refractivity contribution in [2.24, 2.45) is 0 Å². The van der Waals surface area contributed by atoms with Crippen LogP contribution < -0.4 is 0 Å². The highest BCUT2D eigenvalue weighted by molar-refractivity contribution is 5.99. The molecule has 0 unspecified atom stereocenters. The Kier molecular flexibility index (Phi) is 4.04. The molecule has 0 saturated carbocycles. The van der Waals surface area contributed by atoms with E-state index in [1.807, 2.05) is 30.3 Å². The molecule has 4 heteroatoms. The fraction of sp³-hybridized carbons (Fsp3) is 0.100. The summed E-state index contributed by atoms with van der Waals surface area (Å²) >= 11 is 0. The lowest BCUT2D eigenvalue weighted by molar-refractivity contribution is -0.132. The summed E-state index contributed by atoms with van der Waals surface area (Å²) in [5, 5.41) is 18.2. The maximum atomic E-state index is 11.5. The number of benzene rings is 2. The minimum Gasteiger partial charge on any atom is -0.478 e. The van der Waals surface area contributed by atoms with Gasteiger partial charge in [0.25, 0.3) is 0 Å². The average molecular weight is 320 g/mol. The van der Waals surface area contributed by atoms with E-state index in [0.717, 1.165) is 29.2 Å². The molecule has 2 aromatic rings. The lowest BCUT2D eigenvalue weighted by Gasteiger charge is -2.05. The zero-order chi connectivity index (χ0) is 17.3. The molecule has 0 atom stereocenters. The summed E-state index contributed by atoms with van der Waals surface area (Å²) < 4.78 is 0. The molecule has 0 fully saturated rings. The third kappa shape index (κ3) is 2.99. The molecule has 1 aliphatic rings. The minimum absolute atomic E-state index is 0.0244. The summed E-state index contributed by atoms with van der Waals surface area (Å²) in [5.41, 5.74) is 5.65. The Hall–Kier alpha value is -3.14. The van der Waals surface area contributed by atoms with E-state index in [1.165, 1.54) is 24.1 Å². The van der Waals surface area contributed by atoms with Crippen molar-refractivity contribution >= 4 is 18.0 Å². The van der Waals surface area contributed by atoms with E-state index in [0.29, 0.717) is 0 Å². The van der Waals surface area contributed by atoms with Crippen molar-refractivity contribution in [2.45, 2.75) is 13.3 Å². The van der Waals surface area contributed by atoms with E-state index < -0.39 is 11.9 Å². The van der Waals surface area contributed by atoms with Crippen molar-refractivity contribution in [3.63, 3.8) is 0 Å². The van der Waals surface area contributed by atoms with E-state index in [-0.39, 0.29) is 11.1 Å². The summed E-state index contributed by atoms with van der Waals surface area (Å²) in [6.45, 7) is 1.48. The Morgan fingerprint density at radius 3 is 2.42 bits per heavy atom. The van der Waals surface area contributed by atoms with Crippen LogP contribution in [0.4, 0.5) is 0 Å². The van der Waals surface area contributed by atoms with Crippen molar-refractivity contribution in [2.75, 3.05) is 0 Å². The first-order valence-corrected chi connectivity index (χ1v) is 7.53. The molecule has 3 rings (SSSR count). The van der Waals surface area contributed by atoms with E-state index in [4.69, 9.17) is 5.11 Å². The molecule has 4 nitrogen and oxygen atoms in total. The van der Waals surface area contributed by atoms with Gasteiger partial charge in [0.15, 0.2) is 0 Å². The molecule has 24 heavy (non-hydrogen) atoms. The highest BCUT2D eigenvalue weighted by Gasteiger charge is 2.18. The molecule has 0 bridgehead atoms.